The predicted molar refractivity (Wildman–Crippen MR) is 202 cm³/mol. The minimum absolute atomic E-state index is 0.00127. The van der Waals surface area contributed by atoms with Crippen LogP contribution in [0.3, 0.4) is 0 Å². The molecule has 0 saturated carbocycles. The van der Waals surface area contributed by atoms with Gasteiger partial charge in [-0.3, -0.25) is 9.35 Å². The first kappa shape index (κ1) is 41.4. The van der Waals surface area contributed by atoms with E-state index in [0.717, 1.165) is 56.1 Å². The number of Topliss-reactive ketones (excluding diaryl/α,β-unsaturated/α-hetero) is 1. The van der Waals surface area contributed by atoms with Crippen molar-refractivity contribution < 1.29 is 60.8 Å². The molecule has 10 aliphatic rings. The van der Waals surface area contributed by atoms with Crippen LogP contribution >= 0.6 is 0 Å². The lowest BCUT2D eigenvalue weighted by Gasteiger charge is -2.47. The Morgan fingerprint density at radius 3 is 2.23 bits per heavy atom. The van der Waals surface area contributed by atoms with Crippen LogP contribution in [0.1, 0.15) is 97.3 Å². The molecule has 15 heteroatoms. The van der Waals surface area contributed by atoms with Crippen LogP contribution in [0.2, 0.25) is 0 Å². The number of hydrogen-bond donors (Lipinski definition) is 3. The first-order valence-electron chi connectivity index (χ1n) is 21.0. The Labute approximate surface area is 331 Å². The van der Waals surface area contributed by atoms with Crippen LogP contribution in [0.4, 0.5) is 0 Å². The maximum absolute atomic E-state index is 14.0. The third-order valence-electron chi connectivity index (χ3n) is 14.2. The van der Waals surface area contributed by atoms with Crippen molar-refractivity contribution in [3.05, 3.63) is 24.3 Å². The van der Waals surface area contributed by atoms with Gasteiger partial charge in [0.05, 0.1) is 67.3 Å². The van der Waals surface area contributed by atoms with Crippen molar-refractivity contribution in [3.8, 4) is 0 Å². The number of fused-ring (bicyclic) bond motifs is 6. The molecule has 0 aliphatic carbocycles. The first-order valence-corrected chi connectivity index (χ1v) is 22.9. The Balaban J connectivity index is 0.000000831. The number of aliphatic hydroxyl groups excluding tert-OH is 1. The highest BCUT2D eigenvalue weighted by atomic mass is 32.2. The monoisotopic (exact) mass is 809 g/mol. The maximum Gasteiger partial charge on any atom is 0.261 e. The Hall–Kier alpha value is -1.34. The fourth-order valence-electron chi connectivity index (χ4n) is 11.3. The molecule has 14 nitrogen and oxygen atoms in total. The zero-order chi connectivity index (χ0) is 39.7. The van der Waals surface area contributed by atoms with Crippen LogP contribution in [-0.4, -0.2) is 134 Å². The van der Waals surface area contributed by atoms with Gasteiger partial charge in [-0.05, 0) is 73.8 Å². The molecule has 10 saturated heterocycles. The molecule has 10 aliphatic heterocycles. The molecule has 1 spiro atoms. The van der Waals surface area contributed by atoms with Gasteiger partial charge in [0.1, 0.15) is 36.3 Å². The van der Waals surface area contributed by atoms with Crippen molar-refractivity contribution in [2.75, 3.05) is 12.8 Å². The van der Waals surface area contributed by atoms with Crippen molar-refractivity contribution >= 4 is 15.9 Å². The van der Waals surface area contributed by atoms with E-state index in [4.69, 9.17) is 48.2 Å². The van der Waals surface area contributed by atoms with Crippen LogP contribution in [0.25, 0.3) is 0 Å². The van der Waals surface area contributed by atoms with E-state index in [9.17, 15) is 18.3 Å². The van der Waals surface area contributed by atoms with Gasteiger partial charge in [0.15, 0.2) is 5.79 Å². The number of ketones is 1. The van der Waals surface area contributed by atoms with Crippen LogP contribution in [0.15, 0.2) is 24.3 Å². The summed E-state index contributed by atoms with van der Waals surface area (Å²) in [4.78, 5) is 14.0. The minimum Gasteiger partial charge on any atom is -0.392 e. The minimum atomic E-state index is -3.67. The van der Waals surface area contributed by atoms with E-state index in [1.165, 1.54) is 0 Å². The van der Waals surface area contributed by atoms with Crippen LogP contribution < -0.4 is 5.73 Å². The number of carbonyl (C=O) groups is 1. The molecule has 10 rings (SSSR count). The lowest BCUT2D eigenvalue weighted by Crippen LogP contribution is -2.61. The highest BCUT2D eigenvalue weighted by Crippen LogP contribution is 2.54. The van der Waals surface area contributed by atoms with E-state index in [2.05, 4.69) is 27.0 Å². The summed E-state index contributed by atoms with van der Waals surface area (Å²) in [6.07, 6.45) is 7.15. The summed E-state index contributed by atoms with van der Waals surface area (Å²) >= 11 is 0. The lowest BCUT2D eigenvalue weighted by molar-refractivity contribution is -0.292. The largest absolute Gasteiger partial charge is 0.392 e. The highest BCUT2D eigenvalue weighted by molar-refractivity contribution is 7.85. The molecule has 0 radical (unpaired) electrons. The molecular formula is C41H63NO13S. The fourth-order valence-corrected chi connectivity index (χ4v) is 11.3. The van der Waals surface area contributed by atoms with Crippen molar-refractivity contribution in [1.29, 1.82) is 0 Å². The summed E-state index contributed by atoms with van der Waals surface area (Å²) in [5.74, 6) is -0.222. The Morgan fingerprint density at radius 2 is 1.46 bits per heavy atom. The molecule has 0 aromatic rings. The van der Waals surface area contributed by atoms with Gasteiger partial charge < -0.3 is 48.7 Å². The van der Waals surface area contributed by atoms with E-state index in [0.29, 0.717) is 50.7 Å². The Kier molecular flexibility index (Phi) is 12.0. The molecule has 0 amide bonds. The summed E-state index contributed by atoms with van der Waals surface area (Å²) in [6.45, 7) is 13.5. The van der Waals surface area contributed by atoms with E-state index >= 15 is 0 Å². The number of nitrogens with two attached hydrogens (primary N) is 1. The average Bonchev–Trinajstić information content (AvgIpc) is 3.79. The number of carbonyl (C=O) groups excluding carboxylic acids is 1. The fraction of sp³-hybridized carbons (Fsp3) is 0.878. The third kappa shape index (κ3) is 8.62. The lowest BCUT2D eigenvalue weighted by atomic mass is 9.78. The molecule has 316 valence electrons. The van der Waals surface area contributed by atoms with Crippen molar-refractivity contribution in [3.63, 3.8) is 0 Å². The van der Waals surface area contributed by atoms with Gasteiger partial charge in [0.25, 0.3) is 10.1 Å². The zero-order valence-electron chi connectivity index (χ0n) is 33.1. The second kappa shape index (κ2) is 16.3. The topological polar surface area (TPSA) is 192 Å². The van der Waals surface area contributed by atoms with Crippen molar-refractivity contribution in [2.45, 2.75) is 195 Å². The highest BCUT2D eigenvalue weighted by Gasteiger charge is 2.68. The van der Waals surface area contributed by atoms with Gasteiger partial charge in [0.2, 0.25) is 0 Å². The Morgan fingerprint density at radius 1 is 0.786 bits per heavy atom. The molecule has 4 unspecified atom stereocenters. The molecule has 19 atom stereocenters. The smallest absolute Gasteiger partial charge is 0.261 e. The summed E-state index contributed by atoms with van der Waals surface area (Å²) in [6, 6.07) is 0. The zero-order valence-corrected chi connectivity index (χ0v) is 33.9. The summed E-state index contributed by atoms with van der Waals surface area (Å²) in [5.41, 5.74) is 8.06. The Bertz CT molecular complexity index is 1590. The predicted octanol–water partition coefficient (Wildman–Crippen LogP) is 3.56. The molecule has 0 aromatic heterocycles. The van der Waals surface area contributed by atoms with E-state index in [-0.39, 0.29) is 110 Å². The molecule has 56 heavy (non-hydrogen) atoms. The van der Waals surface area contributed by atoms with Gasteiger partial charge in [-0.25, -0.2) is 0 Å². The molecule has 0 aromatic carbocycles. The van der Waals surface area contributed by atoms with E-state index in [1.54, 1.807) is 0 Å². The number of ether oxygens (including phenoxy) is 8. The molecule has 12 bridgehead atoms. The van der Waals surface area contributed by atoms with E-state index in [1.807, 2.05) is 0 Å². The van der Waals surface area contributed by atoms with Crippen molar-refractivity contribution in [1.82, 2.24) is 0 Å². The number of rotatable bonds is 3. The van der Waals surface area contributed by atoms with Crippen LogP contribution in [-0.2, 0) is 52.8 Å². The normalized spacial score (nSPS) is 49.5. The summed E-state index contributed by atoms with van der Waals surface area (Å²) in [5, 5.41) is 10.5. The van der Waals surface area contributed by atoms with Gasteiger partial charge in [0, 0.05) is 45.1 Å². The summed E-state index contributed by atoms with van der Waals surface area (Å²) < 4.78 is 79.9. The molecule has 10 heterocycles. The van der Waals surface area contributed by atoms with Crippen LogP contribution in [0, 0.1) is 17.8 Å². The standard InChI is InChI=1S/C40H59NO10.CH4O3S/c1-19-11-25-5-7-29-20(2)12-27(44-29)9-10-40-17-34-36(50-40)37-38(49-34)39(51-40)35-30(48-37)8-6-26(46-35)13-23(42)14-28-22(4)31(15-24(43)18-41)47-33(28)16-32(45-25)21(19)3;1-5(2,3)4/h19,22,24-39,43H,2-3,5-18,41H2,1,4H3;1H3,(H,2,3,4)/t19-,22-,24+,25+,26?,27+,28-,29?,30+,31-,32?,33+,34-,35+,36?,37+,38-,39+,40+;/m1./s1. The molecule has 4 N–H and O–H groups in total. The van der Waals surface area contributed by atoms with E-state index < -0.39 is 22.0 Å². The number of hydrogen-bond acceptors (Lipinski definition) is 13. The van der Waals surface area contributed by atoms with Gasteiger partial charge in [-0.2, -0.15) is 8.42 Å². The van der Waals surface area contributed by atoms with Crippen molar-refractivity contribution in [2.24, 2.45) is 23.5 Å². The van der Waals surface area contributed by atoms with Gasteiger partial charge >= 0.3 is 0 Å². The second-order valence-electron chi connectivity index (χ2n) is 18.3. The SMILES string of the molecule is C=C1C[C@@H]2CC[C@@]34C[C@H]5O[C@H]6[C@@H](O3)[C@H]3OC(CC[C@@H]3O[C@H]6C5O4)CC(=O)C[C@@H]3[C@@H](C)[C@@H](C[C@H](O)CN)O[C@H]3CC3O[C@@H](CCC1O2)C[C@@H](C)C3=C.CS(=O)(=O)O. The average molecular weight is 810 g/mol. The van der Waals surface area contributed by atoms with Gasteiger partial charge in [-0.15, -0.1) is 0 Å². The van der Waals surface area contributed by atoms with Crippen LogP contribution in [0.5, 0.6) is 0 Å². The second-order valence-corrected chi connectivity index (χ2v) is 19.8. The van der Waals surface area contributed by atoms with Gasteiger partial charge in [-0.1, -0.05) is 27.0 Å². The third-order valence-corrected chi connectivity index (χ3v) is 14.2. The quantitative estimate of drug-likeness (QED) is 0.277. The number of aliphatic hydroxyl groups is 1. The molecule has 10 fully saturated rings. The maximum atomic E-state index is 14.0. The first-order chi connectivity index (χ1) is 26.6. The molecular weight excluding hydrogens is 747 g/mol. The summed E-state index contributed by atoms with van der Waals surface area (Å²) in [7, 11) is -3.67.